The third kappa shape index (κ3) is 3.09. The lowest BCUT2D eigenvalue weighted by atomic mass is 9.86. The summed E-state index contributed by atoms with van der Waals surface area (Å²) in [7, 11) is 1.61. The second kappa shape index (κ2) is 5.87. The Kier molecular flexibility index (Phi) is 4.20. The van der Waals surface area contributed by atoms with Gasteiger partial charge in [-0.15, -0.1) is 0 Å². The van der Waals surface area contributed by atoms with E-state index >= 15 is 0 Å². The molecule has 2 rings (SSSR count). The zero-order valence-corrected chi connectivity index (χ0v) is 10.3. The predicted octanol–water partition coefficient (Wildman–Crippen LogP) is 1.99. The molecule has 0 aromatic carbocycles. The Bertz CT molecular complexity index is 357. The number of pyridine rings is 1. The van der Waals surface area contributed by atoms with Crippen molar-refractivity contribution >= 4 is 0 Å². The van der Waals surface area contributed by atoms with Crippen molar-refractivity contribution in [3.63, 3.8) is 0 Å². The fraction of sp³-hybridized carbons (Fsp3) is 0.615. The van der Waals surface area contributed by atoms with Crippen molar-refractivity contribution in [1.82, 2.24) is 4.98 Å². The summed E-state index contributed by atoms with van der Waals surface area (Å²) in [5.74, 6) is 1.88. The van der Waals surface area contributed by atoms with Crippen LogP contribution in [0.2, 0.25) is 0 Å². The van der Waals surface area contributed by atoms with Crippen molar-refractivity contribution < 1.29 is 9.47 Å². The molecule has 1 fully saturated rings. The Morgan fingerprint density at radius 2 is 2.24 bits per heavy atom. The van der Waals surface area contributed by atoms with E-state index < -0.39 is 0 Å². The molecule has 0 radical (unpaired) electrons. The molecule has 0 aliphatic heterocycles. The number of aromatic nitrogens is 1. The van der Waals surface area contributed by atoms with Crippen LogP contribution in [0.15, 0.2) is 18.3 Å². The molecule has 1 aliphatic rings. The Hall–Kier alpha value is -1.29. The van der Waals surface area contributed by atoms with Crippen molar-refractivity contribution in [1.29, 1.82) is 0 Å². The molecule has 1 aromatic heterocycles. The molecule has 94 valence electrons. The lowest BCUT2D eigenvalue weighted by Crippen LogP contribution is -2.35. The number of methoxy groups -OCH3 is 1. The normalized spacial score (nSPS) is 24.4. The number of ether oxygens (including phenoxy) is 2. The van der Waals surface area contributed by atoms with Crippen LogP contribution in [0.4, 0.5) is 0 Å². The van der Waals surface area contributed by atoms with Gasteiger partial charge in [0, 0.05) is 18.2 Å². The molecule has 0 amide bonds. The summed E-state index contributed by atoms with van der Waals surface area (Å²) in [6.45, 7) is 0.701. The first-order chi connectivity index (χ1) is 8.33. The zero-order chi connectivity index (χ0) is 12.1. The van der Waals surface area contributed by atoms with E-state index in [1.807, 2.05) is 12.1 Å². The minimum atomic E-state index is 0.237. The third-order valence-electron chi connectivity index (χ3n) is 3.34. The lowest BCUT2D eigenvalue weighted by Gasteiger charge is -2.31. The standard InChI is InChI=1S/C13H20N2O2/c1-16-13-8-11(6-7-15-13)17-12-5-3-2-4-10(12)9-14/h6-8,10,12H,2-5,9,14H2,1H3. The van der Waals surface area contributed by atoms with Gasteiger partial charge in [-0.25, -0.2) is 4.98 Å². The molecule has 4 nitrogen and oxygen atoms in total. The largest absolute Gasteiger partial charge is 0.490 e. The van der Waals surface area contributed by atoms with E-state index in [9.17, 15) is 0 Å². The fourth-order valence-electron chi connectivity index (χ4n) is 2.35. The van der Waals surface area contributed by atoms with Gasteiger partial charge in [-0.2, -0.15) is 0 Å². The van der Waals surface area contributed by atoms with Crippen LogP contribution in [0, 0.1) is 5.92 Å². The number of nitrogens with zero attached hydrogens (tertiary/aromatic N) is 1. The van der Waals surface area contributed by atoms with Crippen LogP contribution in [0.1, 0.15) is 25.7 Å². The molecule has 1 aromatic rings. The molecule has 2 unspecified atom stereocenters. The molecule has 0 spiro atoms. The van der Waals surface area contributed by atoms with Gasteiger partial charge in [0.05, 0.1) is 7.11 Å². The summed E-state index contributed by atoms with van der Waals surface area (Å²) in [5, 5.41) is 0. The maximum atomic E-state index is 6.00. The first kappa shape index (κ1) is 12.2. The summed E-state index contributed by atoms with van der Waals surface area (Å²) >= 11 is 0. The van der Waals surface area contributed by atoms with Crippen molar-refractivity contribution in [3.8, 4) is 11.6 Å². The smallest absolute Gasteiger partial charge is 0.216 e. The Balaban J connectivity index is 2.02. The molecule has 2 atom stereocenters. The van der Waals surface area contributed by atoms with E-state index in [4.69, 9.17) is 15.2 Å². The summed E-state index contributed by atoms with van der Waals surface area (Å²) < 4.78 is 11.1. The molecule has 17 heavy (non-hydrogen) atoms. The van der Waals surface area contributed by atoms with E-state index in [0.29, 0.717) is 18.3 Å². The number of nitrogens with two attached hydrogens (primary N) is 1. The highest BCUT2D eigenvalue weighted by Crippen LogP contribution is 2.28. The number of hydrogen-bond acceptors (Lipinski definition) is 4. The minimum Gasteiger partial charge on any atom is -0.490 e. The van der Waals surface area contributed by atoms with Crippen LogP contribution in [-0.2, 0) is 0 Å². The summed E-state index contributed by atoms with van der Waals surface area (Å²) in [4.78, 5) is 4.06. The maximum absolute atomic E-state index is 6.00. The van der Waals surface area contributed by atoms with Crippen LogP contribution in [-0.4, -0.2) is 24.7 Å². The molecular formula is C13H20N2O2. The van der Waals surface area contributed by atoms with E-state index in [-0.39, 0.29) is 6.10 Å². The van der Waals surface area contributed by atoms with E-state index in [0.717, 1.165) is 12.2 Å². The monoisotopic (exact) mass is 236 g/mol. The van der Waals surface area contributed by atoms with Gasteiger partial charge in [-0.05, 0) is 31.9 Å². The molecule has 4 heteroatoms. The zero-order valence-electron chi connectivity index (χ0n) is 10.3. The van der Waals surface area contributed by atoms with Gasteiger partial charge < -0.3 is 15.2 Å². The number of hydrogen-bond donors (Lipinski definition) is 1. The quantitative estimate of drug-likeness (QED) is 0.868. The van der Waals surface area contributed by atoms with E-state index in [1.165, 1.54) is 19.3 Å². The van der Waals surface area contributed by atoms with Crippen LogP contribution >= 0.6 is 0 Å². The van der Waals surface area contributed by atoms with Gasteiger partial charge in [-0.1, -0.05) is 6.42 Å². The molecule has 1 saturated carbocycles. The second-order valence-electron chi connectivity index (χ2n) is 4.47. The topological polar surface area (TPSA) is 57.4 Å². The van der Waals surface area contributed by atoms with Gasteiger partial charge in [0.1, 0.15) is 11.9 Å². The number of rotatable bonds is 4. The van der Waals surface area contributed by atoms with Crippen molar-refractivity contribution in [2.75, 3.05) is 13.7 Å². The third-order valence-corrected chi connectivity index (χ3v) is 3.34. The first-order valence-electron chi connectivity index (χ1n) is 6.20. The second-order valence-corrected chi connectivity index (χ2v) is 4.47. The van der Waals surface area contributed by atoms with Gasteiger partial charge >= 0.3 is 0 Å². The average Bonchev–Trinajstić information content (AvgIpc) is 2.39. The van der Waals surface area contributed by atoms with Gasteiger partial charge in [0.25, 0.3) is 0 Å². The highest BCUT2D eigenvalue weighted by molar-refractivity contribution is 5.26. The summed E-state index contributed by atoms with van der Waals surface area (Å²) in [6, 6.07) is 3.69. The van der Waals surface area contributed by atoms with E-state index in [1.54, 1.807) is 13.3 Å². The average molecular weight is 236 g/mol. The molecule has 0 saturated heterocycles. The van der Waals surface area contributed by atoms with Crippen LogP contribution in [0.3, 0.4) is 0 Å². The van der Waals surface area contributed by atoms with Crippen LogP contribution < -0.4 is 15.2 Å². The highest BCUT2D eigenvalue weighted by Gasteiger charge is 2.25. The fourth-order valence-corrected chi connectivity index (χ4v) is 2.35. The summed E-state index contributed by atoms with van der Waals surface area (Å²) in [5.41, 5.74) is 5.79. The van der Waals surface area contributed by atoms with Gasteiger partial charge in [-0.3, -0.25) is 0 Å². The Morgan fingerprint density at radius 3 is 3.00 bits per heavy atom. The molecule has 0 bridgehead atoms. The van der Waals surface area contributed by atoms with Gasteiger partial charge in [0.2, 0.25) is 5.88 Å². The van der Waals surface area contributed by atoms with Crippen molar-refractivity contribution in [3.05, 3.63) is 18.3 Å². The maximum Gasteiger partial charge on any atom is 0.216 e. The van der Waals surface area contributed by atoms with Crippen molar-refractivity contribution in [2.24, 2.45) is 11.7 Å². The van der Waals surface area contributed by atoms with Gasteiger partial charge in [0.15, 0.2) is 0 Å². The molecular weight excluding hydrogens is 216 g/mol. The molecule has 1 aliphatic carbocycles. The van der Waals surface area contributed by atoms with Crippen LogP contribution in [0.5, 0.6) is 11.6 Å². The lowest BCUT2D eigenvalue weighted by molar-refractivity contribution is 0.0966. The first-order valence-corrected chi connectivity index (χ1v) is 6.20. The molecule has 2 N–H and O–H groups in total. The Morgan fingerprint density at radius 1 is 1.41 bits per heavy atom. The summed E-state index contributed by atoms with van der Waals surface area (Å²) in [6.07, 6.45) is 6.69. The highest BCUT2D eigenvalue weighted by atomic mass is 16.5. The van der Waals surface area contributed by atoms with E-state index in [2.05, 4.69) is 4.98 Å². The SMILES string of the molecule is COc1cc(OC2CCCCC2CN)ccn1. The minimum absolute atomic E-state index is 0.237. The van der Waals surface area contributed by atoms with Crippen molar-refractivity contribution in [2.45, 2.75) is 31.8 Å². The van der Waals surface area contributed by atoms with Crippen LogP contribution in [0.25, 0.3) is 0 Å². The molecule has 1 heterocycles. The Labute approximate surface area is 102 Å². The predicted molar refractivity (Wildman–Crippen MR) is 66.2 cm³/mol.